The molecular weight excluding hydrogens is 268 g/mol. The summed E-state index contributed by atoms with van der Waals surface area (Å²) in [4.78, 5) is 26.4. The summed E-state index contributed by atoms with van der Waals surface area (Å²) in [7, 11) is 0. The van der Waals surface area contributed by atoms with E-state index in [4.69, 9.17) is 5.11 Å². The van der Waals surface area contributed by atoms with Gasteiger partial charge in [-0.3, -0.25) is 9.59 Å². The van der Waals surface area contributed by atoms with E-state index in [-0.39, 0.29) is 36.3 Å². The Morgan fingerprint density at radius 2 is 2.10 bits per heavy atom. The first-order valence-electron chi connectivity index (χ1n) is 8.06. The van der Waals surface area contributed by atoms with Crippen LogP contribution < -0.4 is 5.32 Å². The summed E-state index contributed by atoms with van der Waals surface area (Å²) in [5.41, 5.74) is 0. The van der Waals surface area contributed by atoms with E-state index in [2.05, 4.69) is 5.32 Å². The van der Waals surface area contributed by atoms with Crippen LogP contribution in [0.1, 0.15) is 38.5 Å². The van der Waals surface area contributed by atoms with E-state index in [9.17, 15) is 9.59 Å². The number of aliphatic hydroxyl groups is 1. The normalized spacial score (nSPS) is 33.1. The van der Waals surface area contributed by atoms with Gasteiger partial charge < -0.3 is 15.3 Å². The molecule has 1 unspecified atom stereocenters. The Balaban J connectivity index is 1.52. The lowest BCUT2D eigenvalue weighted by Crippen LogP contribution is -2.40. The van der Waals surface area contributed by atoms with Crippen molar-refractivity contribution in [3.8, 4) is 0 Å². The molecule has 5 heteroatoms. The van der Waals surface area contributed by atoms with Crippen molar-refractivity contribution in [1.29, 1.82) is 0 Å². The molecule has 1 saturated heterocycles. The van der Waals surface area contributed by atoms with Crippen LogP contribution in [0.3, 0.4) is 0 Å². The van der Waals surface area contributed by atoms with Gasteiger partial charge in [-0.25, -0.2) is 0 Å². The number of hydrogen-bond acceptors (Lipinski definition) is 3. The molecule has 0 aromatic heterocycles. The van der Waals surface area contributed by atoms with E-state index < -0.39 is 0 Å². The number of hydrogen-bond donors (Lipinski definition) is 2. The number of likely N-dealkylation sites (tertiary alicyclic amines) is 1. The van der Waals surface area contributed by atoms with Gasteiger partial charge in [0.05, 0.1) is 5.92 Å². The van der Waals surface area contributed by atoms with E-state index in [0.717, 1.165) is 19.3 Å². The number of amides is 2. The van der Waals surface area contributed by atoms with Gasteiger partial charge in [0.2, 0.25) is 11.8 Å². The minimum Gasteiger partial charge on any atom is -0.396 e. The number of rotatable bonds is 4. The summed E-state index contributed by atoms with van der Waals surface area (Å²) in [6, 6.07) is 0.366. The predicted molar refractivity (Wildman–Crippen MR) is 78.3 cm³/mol. The Morgan fingerprint density at radius 3 is 2.76 bits per heavy atom. The molecule has 3 aliphatic rings. The second kappa shape index (κ2) is 6.18. The van der Waals surface area contributed by atoms with E-state index in [1.165, 1.54) is 12.8 Å². The van der Waals surface area contributed by atoms with Crippen molar-refractivity contribution < 1.29 is 14.7 Å². The zero-order valence-electron chi connectivity index (χ0n) is 12.3. The lowest BCUT2D eigenvalue weighted by Gasteiger charge is -2.24. The summed E-state index contributed by atoms with van der Waals surface area (Å²) in [6.45, 7) is 0.704. The van der Waals surface area contributed by atoms with Gasteiger partial charge in [-0.2, -0.15) is 0 Å². The molecule has 3 atom stereocenters. The predicted octanol–water partition coefficient (Wildman–Crippen LogP) is 0.831. The van der Waals surface area contributed by atoms with Crippen LogP contribution in [0.15, 0.2) is 12.2 Å². The first-order chi connectivity index (χ1) is 10.2. The maximum Gasteiger partial charge on any atom is 0.225 e. The Kier molecular flexibility index (Phi) is 4.29. The molecule has 0 spiro atoms. The van der Waals surface area contributed by atoms with Gasteiger partial charge in [0, 0.05) is 37.6 Å². The van der Waals surface area contributed by atoms with Crippen molar-refractivity contribution in [2.24, 2.45) is 11.8 Å². The van der Waals surface area contributed by atoms with Crippen LogP contribution in [-0.4, -0.2) is 47.1 Å². The van der Waals surface area contributed by atoms with Crippen LogP contribution in [-0.2, 0) is 9.59 Å². The standard InChI is InChI=1S/C16H24N2O3/c19-10-11-5-6-13(7-11)17-16(21)12-8-15(20)18(9-12)14-3-1-2-4-14/h5-6,11-14,19H,1-4,7-10H2,(H,17,21)/t11-,12?,13+/m0/s1. The van der Waals surface area contributed by atoms with Gasteiger partial charge in [0.25, 0.3) is 0 Å². The molecule has 0 aromatic carbocycles. The molecule has 0 radical (unpaired) electrons. The molecule has 2 amide bonds. The van der Waals surface area contributed by atoms with E-state index >= 15 is 0 Å². The Labute approximate surface area is 125 Å². The second-order valence-electron chi connectivity index (χ2n) is 6.56. The topological polar surface area (TPSA) is 69.6 Å². The first-order valence-corrected chi connectivity index (χ1v) is 8.06. The lowest BCUT2D eigenvalue weighted by molar-refractivity contribution is -0.130. The van der Waals surface area contributed by atoms with Crippen LogP contribution in [0.5, 0.6) is 0 Å². The zero-order valence-corrected chi connectivity index (χ0v) is 12.3. The quantitative estimate of drug-likeness (QED) is 0.754. The molecule has 1 heterocycles. The van der Waals surface area contributed by atoms with Crippen LogP contribution in [0, 0.1) is 11.8 Å². The van der Waals surface area contributed by atoms with Crippen molar-refractivity contribution in [2.45, 2.75) is 50.6 Å². The molecular formula is C16H24N2O3. The molecule has 1 saturated carbocycles. The van der Waals surface area contributed by atoms with E-state index in [0.29, 0.717) is 19.0 Å². The molecule has 2 fully saturated rings. The first kappa shape index (κ1) is 14.6. The third-order valence-corrected chi connectivity index (χ3v) is 5.03. The average Bonchev–Trinajstić information content (AvgIpc) is 3.17. The minimum absolute atomic E-state index is 0.00489. The molecule has 2 N–H and O–H groups in total. The fourth-order valence-corrected chi connectivity index (χ4v) is 3.79. The summed E-state index contributed by atoms with van der Waals surface area (Å²) in [6.07, 6.45) is 9.58. The van der Waals surface area contributed by atoms with E-state index in [1.54, 1.807) is 0 Å². The van der Waals surface area contributed by atoms with Gasteiger partial charge in [0.15, 0.2) is 0 Å². The molecule has 0 aromatic rings. The highest BCUT2D eigenvalue weighted by molar-refractivity contribution is 5.89. The third kappa shape index (κ3) is 3.12. The zero-order chi connectivity index (χ0) is 14.8. The van der Waals surface area contributed by atoms with Gasteiger partial charge in [-0.15, -0.1) is 0 Å². The molecule has 116 valence electrons. The van der Waals surface area contributed by atoms with Crippen LogP contribution in [0.25, 0.3) is 0 Å². The molecule has 1 aliphatic heterocycles. The monoisotopic (exact) mass is 292 g/mol. The van der Waals surface area contributed by atoms with Crippen molar-refractivity contribution in [3.05, 3.63) is 12.2 Å². The summed E-state index contributed by atoms with van der Waals surface area (Å²) < 4.78 is 0. The highest BCUT2D eigenvalue weighted by Crippen LogP contribution is 2.29. The maximum absolute atomic E-state index is 12.3. The van der Waals surface area contributed by atoms with Gasteiger partial charge >= 0.3 is 0 Å². The van der Waals surface area contributed by atoms with Crippen molar-refractivity contribution in [1.82, 2.24) is 10.2 Å². The van der Waals surface area contributed by atoms with Crippen molar-refractivity contribution in [3.63, 3.8) is 0 Å². The highest BCUT2D eigenvalue weighted by atomic mass is 16.3. The summed E-state index contributed by atoms with van der Waals surface area (Å²) in [5.74, 6) is 0.0597. The fraction of sp³-hybridized carbons (Fsp3) is 0.750. The molecule has 5 nitrogen and oxygen atoms in total. The van der Waals surface area contributed by atoms with Gasteiger partial charge in [-0.1, -0.05) is 25.0 Å². The lowest BCUT2D eigenvalue weighted by atomic mass is 10.1. The van der Waals surface area contributed by atoms with Gasteiger partial charge in [-0.05, 0) is 19.3 Å². The molecule has 2 aliphatic carbocycles. The number of aliphatic hydroxyl groups excluding tert-OH is 1. The number of nitrogens with zero attached hydrogens (tertiary/aromatic N) is 1. The number of nitrogens with one attached hydrogen (secondary N) is 1. The average molecular weight is 292 g/mol. The van der Waals surface area contributed by atoms with Crippen LogP contribution >= 0.6 is 0 Å². The number of carbonyl (C=O) groups is 2. The Hall–Kier alpha value is -1.36. The van der Waals surface area contributed by atoms with E-state index in [1.807, 2.05) is 17.1 Å². The molecule has 0 bridgehead atoms. The highest BCUT2D eigenvalue weighted by Gasteiger charge is 2.39. The van der Waals surface area contributed by atoms with Gasteiger partial charge in [0.1, 0.15) is 0 Å². The van der Waals surface area contributed by atoms with Crippen LogP contribution in [0.4, 0.5) is 0 Å². The summed E-state index contributed by atoms with van der Waals surface area (Å²) in [5, 5.41) is 12.1. The largest absolute Gasteiger partial charge is 0.396 e. The minimum atomic E-state index is -0.209. The Bertz CT molecular complexity index is 443. The summed E-state index contributed by atoms with van der Waals surface area (Å²) >= 11 is 0. The van der Waals surface area contributed by atoms with Crippen molar-refractivity contribution in [2.75, 3.05) is 13.2 Å². The third-order valence-electron chi connectivity index (χ3n) is 5.03. The van der Waals surface area contributed by atoms with Crippen LogP contribution in [0.2, 0.25) is 0 Å². The fourth-order valence-electron chi connectivity index (χ4n) is 3.79. The molecule has 21 heavy (non-hydrogen) atoms. The van der Waals surface area contributed by atoms with Crippen molar-refractivity contribution >= 4 is 11.8 Å². The Morgan fingerprint density at radius 1 is 1.33 bits per heavy atom. The second-order valence-corrected chi connectivity index (χ2v) is 6.56. The number of carbonyl (C=O) groups excluding carboxylic acids is 2. The maximum atomic E-state index is 12.3. The molecule has 3 rings (SSSR count). The smallest absolute Gasteiger partial charge is 0.225 e. The SMILES string of the molecule is O=C(N[C@@H]1C=C[C@H](CO)C1)C1CC(=O)N(C2CCCC2)C1.